The van der Waals surface area contributed by atoms with Crippen LogP contribution in [0.1, 0.15) is 12.0 Å². The lowest BCUT2D eigenvalue weighted by atomic mass is 10.1. The summed E-state index contributed by atoms with van der Waals surface area (Å²) < 4.78 is 10.6. The highest BCUT2D eigenvalue weighted by Gasteiger charge is 2.43. The average molecular weight is 568 g/mol. The normalized spacial score (nSPS) is 19.7. The fraction of sp³-hybridized carbons (Fsp3) is 0.500. The van der Waals surface area contributed by atoms with Crippen LogP contribution in [0.2, 0.25) is 0 Å². The number of aliphatic hydroxyl groups is 2. The predicted octanol–water partition coefficient (Wildman–Crippen LogP) is -3.32. The minimum absolute atomic E-state index is 0.0385. The maximum Gasteiger partial charge on any atom is 0.407 e. The number of rotatable bonds is 14. The number of ether oxygens (including phenoxy) is 2. The monoisotopic (exact) mass is 567 g/mol. The standard InChI is InChI=1S/C24H33N5O11/c1-29(12-19(32)26-10-17(30)25-9-18(31)27-11-21(34)35)20(33)7-15-22(36)23(37)16(40-15)8-28-24(38)39-13-14-5-3-2-4-6-14/h2-6,15-16,22-23,36-37H,7-13H2,1H3,(H,25,30)(H,26,32)(H,27,31)(H,28,38)(H,34,35)/t15-,16+,22-,23+/m0/s1. The SMILES string of the molecule is CN(CC(=O)NCC(=O)NCC(=O)NCC(=O)O)C(=O)C[C@@H]1O[C@H](CNC(=O)OCc2ccccc2)[C@@H](O)[C@H]1O. The molecule has 7 N–H and O–H groups in total. The number of alkyl carbamates (subject to hydrolysis) is 1. The Labute approximate surface area is 229 Å². The van der Waals surface area contributed by atoms with Gasteiger partial charge in [0.15, 0.2) is 0 Å². The first kappa shape index (κ1) is 31.9. The number of likely N-dealkylation sites (N-methyl/N-ethyl adjacent to an activating group) is 1. The third kappa shape index (κ3) is 11.2. The summed E-state index contributed by atoms with van der Waals surface area (Å²) in [6, 6.07) is 8.98. The van der Waals surface area contributed by atoms with Crippen molar-refractivity contribution in [3.63, 3.8) is 0 Å². The van der Waals surface area contributed by atoms with E-state index in [0.29, 0.717) is 0 Å². The molecule has 220 valence electrons. The fourth-order valence-electron chi connectivity index (χ4n) is 3.47. The van der Waals surface area contributed by atoms with Crippen LogP contribution in [0.4, 0.5) is 4.79 Å². The zero-order valence-electron chi connectivity index (χ0n) is 21.7. The Bertz CT molecular complexity index is 1050. The van der Waals surface area contributed by atoms with E-state index in [4.69, 9.17) is 14.6 Å². The molecule has 40 heavy (non-hydrogen) atoms. The molecule has 0 bridgehead atoms. The molecule has 0 radical (unpaired) electrons. The quantitative estimate of drug-likeness (QED) is 0.118. The van der Waals surface area contributed by atoms with E-state index in [1.807, 2.05) is 11.4 Å². The van der Waals surface area contributed by atoms with Crippen molar-refractivity contribution in [1.82, 2.24) is 26.2 Å². The maximum atomic E-state index is 12.5. The van der Waals surface area contributed by atoms with Crippen LogP contribution in [0.25, 0.3) is 0 Å². The molecule has 1 aromatic rings. The summed E-state index contributed by atoms with van der Waals surface area (Å²) in [5.41, 5.74) is 0.781. The molecule has 1 saturated heterocycles. The lowest BCUT2D eigenvalue weighted by Crippen LogP contribution is -2.45. The van der Waals surface area contributed by atoms with Crippen LogP contribution < -0.4 is 21.3 Å². The van der Waals surface area contributed by atoms with Crippen LogP contribution in [-0.4, -0.2) is 120 Å². The van der Waals surface area contributed by atoms with Gasteiger partial charge in [0.1, 0.15) is 31.5 Å². The van der Waals surface area contributed by atoms with E-state index in [1.54, 1.807) is 24.3 Å². The van der Waals surface area contributed by atoms with Gasteiger partial charge in [-0.3, -0.25) is 24.0 Å². The van der Waals surface area contributed by atoms with Crippen LogP contribution in [0.3, 0.4) is 0 Å². The number of aliphatic carboxylic acids is 1. The van der Waals surface area contributed by atoms with Crippen LogP contribution >= 0.6 is 0 Å². The topological polar surface area (TPSA) is 233 Å². The highest BCUT2D eigenvalue weighted by atomic mass is 16.6. The van der Waals surface area contributed by atoms with Gasteiger partial charge in [-0.25, -0.2) is 4.79 Å². The summed E-state index contributed by atoms with van der Waals surface area (Å²) in [4.78, 5) is 71.0. The zero-order chi connectivity index (χ0) is 29.7. The molecule has 1 aliphatic heterocycles. The molecule has 0 aliphatic carbocycles. The van der Waals surface area contributed by atoms with Crippen LogP contribution in [0.5, 0.6) is 0 Å². The second kappa shape index (κ2) is 16.0. The molecule has 0 unspecified atom stereocenters. The number of aliphatic hydroxyl groups excluding tert-OH is 2. The van der Waals surface area contributed by atoms with Crippen molar-refractivity contribution < 1.29 is 53.6 Å². The fourth-order valence-corrected chi connectivity index (χ4v) is 3.47. The number of carbonyl (C=O) groups is 6. The van der Waals surface area contributed by atoms with Crippen molar-refractivity contribution in [2.75, 3.05) is 39.8 Å². The molecule has 1 aliphatic rings. The van der Waals surface area contributed by atoms with Crippen molar-refractivity contribution >= 4 is 35.7 Å². The van der Waals surface area contributed by atoms with E-state index >= 15 is 0 Å². The van der Waals surface area contributed by atoms with Crippen molar-refractivity contribution in [2.45, 2.75) is 37.4 Å². The first-order chi connectivity index (χ1) is 19.0. The van der Waals surface area contributed by atoms with Gasteiger partial charge in [-0.05, 0) is 5.56 Å². The van der Waals surface area contributed by atoms with Crippen molar-refractivity contribution in [1.29, 1.82) is 0 Å². The van der Waals surface area contributed by atoms with Crippen LogP contribution in [0, 0.1) is 0 Å². The summed E-state index contributed by atoms with van der Waals surface area (Å²) >= 11 is 0. The van der Waals surface area contributed by atoms with Gasteiger partial charge in [0.2, 0.25) is 23.6 Å². The lowest BCUT2D eigenvalue weighted by molar-refractivity contribution is -0.138. The Balaban J connectivity index is 1.68. The summed E-state index contributed by atoms with van der Waals surface area (Å²) in [5.74, 6) is -3.97. The molecule has 1 aromatic carbocycles. The third-order valence-electron chi connectivity index (χ3n) is 5.63. The molecule has 2 rings (SSSR count). The van der Waals surface area contributed by atoms with Gasteiger partial charge >= 0.3 is 12.1 Å². The number of carboxylic acid groups (broad SMARTS) is 1. The molecular weight excluding hydrogens is 534 g/mol. The van der Waals surface area contributed by atoms with Crippen molar-refractivity contribution in [3.05, 3.63) is 35.9 Å². The molecule has 16 heteroatoms. The van der Waals surface area contributed by atoms with Gasteiger partial charge in [-0.15, -0.1) is 0 Å². The zero-order valence-corrected chi connectivity index (χ0v) is 21.7. The molecular formula is C24H33N5O11. The number of nitrogens with one attached hydrogen (secondary N) is 4. The Kier molecular flexibility index (Phi) is 12.7. The van der Waals surface area contributed by atoms with Crippen molar-refractivity contribution in [3.8, 4) is 0 Å². The van der Waals surface area contributed by atoms with E-state index in [0.717, 1.165) is 10.5 Å². The molecule has 4 atom stereocenters. The van der Waals surface area contributed by atoms with Crippen LogP contribution in [0.15, 0.2) is 30.3 Å². The average Bonchev–Trinajstić information content (AvgIpc) is 3.19. The number of amides is 5. The first-order valence-corrected chi connectivity index (χ1v) is 12.2. The van der Waals surface area contributed by atoms with E-state index in [-0.39, 0.29) is 19.6 Å². The highest BCUT2D eigenvalue weighted by molar-refractivity contribution is 5.90. The number of nitrogens with zero attached hydrogens (tertiary/aromatic N) is 1. The van der Waals surface area contributed by atoms with E-state index in [9.17, 15) is 39.0 Å². The molecule has 1 fully saturated rings. The molecule has 0 spiro atoms. The van der Waals surface area contributed by atoms with Gasteiger partial charge in [-0.1, -0.05) is 30.3 Å². The summed E-state index contributed by atoms with van der Waals surface area (Å²) in [7, 11) is 1.31. The number of hydrogen-bond donors (Lipinski definition) is 7. The minimum Gasteiger partial charge on any atom is -0.480 e. The van der Waals surface area contributed by atoms with E-state index < -0.39 is 86.3 Å². The second-order valence-corrected chi connectivity index (χ2v) is 8.81. The number of benzene rings is 1. The number of carbonyl (C=O) groups excluding carboxylic acids is 5. The molecule has 5 amide bonds. The van der Waals surface area contributed by atoms with Crippen molar-refractivity contribution in [2.24, 2.45) is 0 Å². The van der Waals surface area contributed by atoms with Gasteiger partial charge in [0.25, 0.3) is 0 Å². The summed E-state index contributed by atoms with van der Waals surface area (Å²) in [6.45, 7) is -2.16. The maximum absolute atomic E-state index is 12.5. The van der Waals surface area contributed by atoms with Gasteiger partial charge < -0.3 is 51.0 Å². The smallest absolute Gasteiger partial charge is 0.407 e. The first-order valence-electron chi connectivity index (χ1n) is 12.2. The Morgan fingerprint density at radius 3 is 2.05 bits per heavy atom. The Morgan fingerprint density at radius 2 is 1.43 bits per heavy atom. The number of carboxylic acids is 1. The highest BCUT2D eigenvalue weighted by Crippen LogP contribution is 2.24. The molecule has 16 nitrogen and oxygen atoms in total. The third-order valence-corrected chi connectivity index (χ3v) is 5.63. The summed E-state index contributed by atoms with van der Waals surface area (Å²) in [6.07, 6.45) is -6.04. The Hall–Kier alpha value is -4.28. The Morgan fingerprint density at radius 1 is 0.850 bits per heavy atom. The molecule has 0 aromatic heterocycles. The molecule has 0 saturated carbocycles. The van der Waals surface area contributed by atoms with Gasteiger partial charge in [-0.2, -0.15) is 0 Å². The lowest BCUT2D eigenvalue weighted by Gasteiger charge is -2.20. The van der Waals surface area contributed by atoms with E-state index in [2.05, 4.69) is 16.0 Å². The van der Waals surface area contributed by atoms with E-state index in [1.165, 1.54) is 7.05 Å². The predicted molar refractivity (Wildman–Crippen MR) is 134 cm³/mol. The minimum atomic E-state index is -1.42. The second-order valence-electron chi connectivity index (χ2n) is 8.81. The molecule has 1 heterocycles. The summed E-state index contributed by atoms with van der Waals surface area (Å²) in [5, 5.41) is 37.9. The van der Waals surface area contributed by atoms with Gasteiger partial charge in [0.05, 0.1) is 32.2 Å². The largest absolute Gasteiger partial charge is 0.480 e. The number of hydrogen-bond acceptors (Lipinski definition) is 10. The van der Waals surface area contributed by atoms with Crippen LogP contribution in [-0.2, 0) is 40.1 Å². The van der Waals surface area contributed by atoms with Gasteiger partial charge in [0, 0.05) is 13.6 Å².